The maximum absolute atomic E-state index is 12.4. The lowest BCUT2D eigenvalue weighted by Gasteiger charge is -1.99. The number of allylic oxidation sites excluding steroid dienone is 4. The highest BCUT2D eigenvalue weighted by Crippen LogP contribution is 2.11. The fraction of sp³-hybridized carbons (Fsp3) is 0. The van der Waals surface area contributed by atoms with Crippen LogP contribution in [0.25, 0.3) is 5.32 Å². The van der Waals surface area contributed by atoms with Gasteiger partial charge in [0.25, 0.3) is 0 Å². The maximum atomic E-state index is 12.4. The van der Waals surface area contributed by atoms with Crippen molar-refractivity contribution in [3.05, 3.63) is 35.8 Å². The van der Waals surface area contributed by atoms with Crippen molar-refractivity contribution < 1.29 is 9.18 Å². The van der Waals surface area contributed by atoms with Crippen molar-refractivity contribution in [2.45, 2.75) is 0 Å². The number of nitrogens with zero attached hydrogens (tertiary/aromatic N) is 2. The number of carbonyl (C=O) groups excluding carboxylic acids is 1. The summed E-state index contributed by atoms with van der Waals surface area (Å²) in [5.74, 6) is 0. The number of urea groups is 1. The zero-order valence-electron chi connectivity index (χ0n) is 6.57. The molecular formula is C8H6FN3O. The highest BCUT2D eigenvalue weighted by molar-refractivity contribution is 6.15. The largest absolute Gasteiger partial charge is 0.419 e. The third-order valence-corrected chi connectivity index (χ3v) is 1.23. The van der Waals surface area contributed by atoms with E-state index in [0.717, 1.165) is 0 Å². The van der Waals surface area contributed by atoms with Crippen LogP contribution in [0.5, 0.6) is 0 Å². The van der Waals surface area contributed by atoms with Crippen LogP contribution in [-0.2, 0) is 0 Å². The molecule has 0 fully saturated rings. The van der Waals surface area contributed by atoms with Crippen LogP contribution in [0.2, 0.25) is 0 Å². The number of carbonyl (C=O) groups is 1. The summed E-state index contributed by atoms with van der Waals surface area (Å²) in [7, 11) is 0. The van der Waals surface area contributed by atoms with Gasteiger partial charge in [-0.25, -0.2) is 0 Å². The minimum Gasteiger partial charge on any atom is -0.419 e. The lowest BCUT2D eigenvalue weighted by atomic mass is 10.1. The first-order chi connectivity index (χ1) is 6.22. The smallest absolute Gasteiger partial charge is 0.231 e. The Morgan fingerprint density at radius 2 is 2.23 bits per heavy atom. The van der Waals surface area contributed by atoms with Gasteiger partial charge in [0.1, 0.15) is 5.71 Å². The molecule has 0 saturated carbocycles. The van der Waals surface area contributed by atoms with Crippen LogP contribution in [0, 0.1) is 11.6 Å². The molecule has 13 heavy (non-hydrogen) atoms. The average Bonchev–Trinajstić information content (AvgIpc) is 2.09. The average molecular weight is 179 g/mol. The number of aliphatic imine (C=N–C) groups is 1. The summed E-state index contributed by atoms with van der Waals surface area (Å²) in [5, 5.41) is 9.59. The number of nitrogens with one attached hydrogen (secondary N) is 1. The van der Waals surface area contributed by atoms with E-state index in [1.165, 1.54) is 24.3 Å². The van der Waals surface area contributed by atoms with Gasteiger partial charge in [0.15, 0.2) is 0 Å². The third kappa shape index (κ3) is 2.90. The van der Waals surface area contributed by atoms with Crippen LogP contribution in [0.15, 0.2) is 29.3 Å². The van der Waals surface area contributed by atoms with Gasteiger partial charge in [0.2, 0.25) is 12.2 Å². The van der Waals surface area contributed by atoms with Crippen LogP contribution in [0.4, 0.5) is 9.18 Å². The molecule has 0 atom stereocenters. The molecule has 0 spiro atoms. The molecule has 0 radical (unpaired) electrons. The van der Waals surface area contributed by atoms with E-state index in [0.29, 0.717) is 12.1 Å². The first-order valence-electron chi connectivity index (χ1n) is 3.43. The first-order valence-corrected chi connectivity index (χ1v) is 3.43. The number of hydrogen-bond donors (Lipinski definition) is 1. The molecule has 0 aliphatic heterocycles. The van der Waals surface area contributed by atoms with E-state index in [1.807, 2.05) is 0 Å². The molecule has 2 amide bonds. The molecule has 0 bridgehead atoms. The Hall–Kier alpha value is -1.91. The van der Waals surface area contributed by atoms with E-state index in [9.17, 15) is 9.18 Å². The van der Waals surface area contributed by atoms with Crippen LogP contribution in [0.3, 0.4) is 0 Å². The first kappa shape index (κ1) is 9.18. The summed E-state index contributed by atoms with van der Waals surface area (Å²) in [4.78, 5) is 14.2. The van der Waals surface area contributed by atoms with E-state index in [2.05, 4.69) is 10.3 Å². The minimum atomic E-state index is -0.776. The van der Waals surface area contributed by atoms with Crippen molar-refractivity contribution >= 4 is 18.1 Å². The fourth-order valence-electron chi connectivity index (χ4n) is 0.710. The van der Waals surface area contributed by atoms with Crippen LogP contribution in [-0.4, -0.2) is 18.1 Å². The zero-order valence-corrected chi connectivity index (χ0v) is 6.57. The van der Waals surface area contributed by atoms with E-state index < -0.39 is 12.2 Å². The molecule has 66 valence electrons. The van der Waals surface area contributed by atoms with Crippen LogP contribution < -0.4 is 0 Å². The molecule has 0 unspecified atom stereocenters. The summed E-state index contributed by atoms with van der Waals surface area (Å²) < 4.78 is 12.4. The highest BCUT2D eigenvalue weighted by atomic mass is 19.1. The molecular weight excluding hydrogens is 173 g/mol. The number of rotatable bonds is 1. The van der Waals surface area contributed by atoms with Crippen molar-refractivity contribution in [3.63, 3.8) is 0 Å². The third-order valence-electron chi connectivity index (χ3n) is 1.23. The van der Waals surface area contributed by atoms with Gasteiger partial charge in [-0.05, 0) is 6.34 Å². The second-order valence-electron chi connectivity index (χ2n) is 2.13. The Morgan fingerprint density at radius 3 is 2.77 bits per heavy atom. The number of hydrogen-bond acceptors (Lipinski definition) is 2. The summed E-state index contributed by atoms with van der Waals surface area (Å²) in [6, 6.07) is -0.776. The van der Waals surface area contributed by atoms with Crippen molar-refractivity contribution in [1.82, 2.24) is 0 Å². The molecule has 1 N–H and O–H groups in total. The van der Waals surface area contributed by atoms with E-state index in [4.69, 9.17) is 5.41 Å². The second kappa shape index (κ2) is 4.20. The van der Waals surface area contributed by atoms with E-state index >= 15 is 0 Å². The molecule has 5 heteroatoms. The van der Waals surface area contributed by atoms with Crippen molar-refractivity contribution in [1.29, 1.82) is 5.41 Å². The van der Waals surface area contributed by atoms with E-state index in [1.54, 1.807) is 0 Å². The van der Waals surface area contributed by atoms with Crippen LogP contribution >= 0.6 is 0 Å². The highest BCUT2D eigenvalue weighted by Gasteiger charge is 2.10. The molecule has 0 aromatic carbocycles. The van der Waals surface area contributed by atoms with Gasteiger partial charge in [0, 0.05) is 0 Å². The lowest BCUT2D eigenvalue weighted by molar-refractivity contribution is 0.261. The standard InChI is InChI=1S/C8H6FN3O/c9-6-1-3-7(4-2-6)12-8(13)11-5-10/h1-5H,(H-,10,11,13). The number of amides is 2. The van der Waals surface area contributed by atoms with Crippen molar-refractivity contribution in [3.8, 4) is 0 Å². The fourth-order valence-corrected chi connectivity index (χ4v) is 0.710. The van der Waals surface area contributed by atoms with Gasteiger partial charge in [-0.15, -0.1) is 4.39 Å². The predicted octanol–water partition coefficient (Wildman–Crippen LogP) is 2.16. The van der Waals surface area contributed by atoms with Gasteiger partial charge >= 0.3 is 0 Å². The Bertz CT molecular complexity index is 291. The van der Waals surface area contributed by atoms with Gasteiger partial charge in [-0.3, -0.25) is 4.79 Å². The van der Waals surface area contributed by atoms with Crippen molar-refractivity contribution in [2.24, 2.45) is 4.99 Å². The minimum absolute atomic E-state index is 0.317. The lowest BCUT2D eigenvalue weighted by Crippen LogP contribution is -1.99. The molecule has 0 aromatic rings. The molecule has 4 nitrogen and oxygen atoms in total. The molecule has 1 aliphatic rings. The predicted molar refractivity (Wildman–Crippen MR) is 47.6 cm³/mol. The van der Waals surface area contributed by atoms with Gasteiger partial charge in [0.05, 0.1) is 24.3 Å². The Kier molecular flexibility index (Phi) is 2.97. The summed E-state index contributed by atoms with van der Waals surface area (Å²) in [6.07, 6.45) is 5.30. The summed E-state index contributed by atoms with van der Waals surface area (Å²) >= 11 is 0. The Morgan fingerprint density at radius 1 is 1.62 bits per heavy atom. The van der Waals surface area contributed by atoms with E-state index in [-0.39, 0.29) is 0 Å². The molecule has 1 rings (SSSR count). The van der Waals surface area contributed by atoms with Crippen LogP contribution in [0.1, 0.15) is 0 Å². The Balaban J connectivity index is 2.63. The monoisotopic (exact) mass is 179 g/mol. The topological polar surface area (TPSA) is 67.4 Å². The van der Waals surface area contributed by atoms with Gasteiger partial charge < -0.3 is 15.7 Å². The maximum Gasteiger partial charge on any atom is 0.231 e. The Labute approximate surface area is 74.4 Å². The molecule has 1 aliphatic carbocycles. The SMILES string of the molecule is N=C[N-]C(=O)N=C1C=C[C+](F)C=C1. The summed E-state index contributed by atoms with van der Waals surface area (Å²) in [5.41, 5.74) is 0.317. The normalized spacial score (nSPS) is 14.2. The molecule has 0 saturated heterocycles. The van der Waals surface area contributed by atoms with Gasteiger partial charge in [-0.2, -0.15) is 0 Å². The van der Waals surface area contributed by atoms with Crippen molar-refractivity contribution in [2.75, 3.05) is 0 Å². The van der Waals surface area contributed by atoms with Gasteiger partial charge in [-0.1, -0.05) is 0 Å². The number of halogens is 1. The summed E-state index contributed by atoms with van der Waals surface area (Å²) in [6.45, 7) is 0. The molecule has 0 heterocycles. The molecule has 0 aromatic heterocycles. The quantitative estimate of drug-likeness (QED) is 0.374. The second-order valence-corrected chi connectivity index (χ2v) is 2.13. The zero-order chi connectivity index (χ0) is 9.68.